The summed E-state index contributed by atoms with van der Waals surface area (Å²) < 4.78 is 13.7. The van der Waals surface area contributed by atoms with Crippen molar-refractivity contribution in [2.75, 3.05) is 0 Å². The lowest BCUT2D eigenvalue weighted by molar-refractivity contribution is 0.0696. The van der Waals surface area contributed by atoms with Crippen LogP contribution in [0.15, 0.2) is 41.3 Å². The summed E-state index contributed by atoms with van der Waals surface area (Å²) in [5.74, 6) is -1.000. The fourth-order valence-electron chi connectivity index (χ4n) is 1.83. The van der Waals surface area contributed by atoms with Crippen molar-refractivity contribution < 1.29 is 14.3 Å². The normalized spacial score (nSPS) is 10.1. The lowest BCUT2D eigenvalue weighted by atomic mass is 10.1. The van der Waals surface area contributed by atoms with Crippen LogP contribution in [0.25, 0.3) is 0 Å². The van der Waals surface area contributed by atoms with E-state index in [0.29, 0.717) is 16.2 Å². The van der Waals surface area contributed by atoms with Gasteiger partial charge in [0.25, 0.3) is 0 Å². The molecular formula is C16H12FNO2S. The number of carboxylic acids is 1. The second-order valence-corrected chi connectivity index (χ2v) is 5.51. The monoisotopic (exact) mass is 301 g/mol. The smallest absolute Gasteiger partial charge is 0.335 e. The molecule has 2 aromatic carbocycles. The summed E-state index contributed by atoms with van der Waals surface area (Å²) in [6, 6.07) is 11.1. The zero-order chi connectivity index (χ0) is 15.4. The number of aryl methyl sites for hydroxylation is 1. The second kappa shape index (κ2) is 6.42. The highest BCUT2D eigenvalue weighted by molar-refractivity contribution is 7.98. The first kappa shape index (κ1) is 15.1. The van der Waals surface area contributed by atoms with Gasteiger partial charge in [-0.05, 0) is 48.4 Å². The molecular weight excluding hydrogens is 289 g/mol. The number of nitriles is 1. The summed E-state index contributed by atoms with van der Waals surface area (Å²) in [6.45, 7) is 1.89. The molecule has 0 fully saturated rings. The number of carbonyl (C=O) groups is 1. The van der Waals surface area contributed by atoms with Gasteiger partial charge in [-0.3, -0.25) is 0 Å². The summed E-state index contributed by atoms with van der Waals surface area (Å²) in [7, 11) is 0. The third-order valence-electron chi connectivity index (χ3n) is 3.03. The Kier molecular flexibility index (Phi) is 4.61. The molecule has 0 spiro atoms. The van der Waals surface area contributed by atoms with Crippen LogP contribution in [0.2, 0.25) is 0 Å². The molecule has 5 heteroatoms. The van der Waals surface area contributed by atoms with E-state index < -0.39 is 11.8 Å². The Labute approximate surface area is 126 Å². The molecule has 0 saturated heterocycles. The van der Waals surface area contributed by atoms with Gasteiger partial charge < -0.3 is 5.11 Å². The molecule has 3 nitrogen and oxygen atoms in total. The zero-order valence-corrected chi connectivity index (χ0v) is 12.1. The first-order chi connectivity index (χ1) is 10.0. The Morgan fingerprint density at radius 3 is 2.71 bits per heavy atom. The van der Waals surface area contributed by atoms with Crippen molar-refractivity contribution in [2.24, 2.45) is 0 Å². The Morgan fingerprint density at radius 2 is 2.10 bits per heavy atom. The highest BCUT2D eigenvalue weighted by Gasteiger charge is 2.10. The standard InChI is InChI=1S/C16H12FNO2S/c1-10-6-11(8-18)2-3-13(10)9-21-15-7-12(16(19)20)4-5-14(15)17/h2-7H,9H2,1H3,(H,19,20). The first-order valence-electron chi connectivity index (χ1n) is 6.16. The number of rotatable bonds is 4. The minimum absolute atomic E-state index is 0.0652. The minimum Gasteiger partial charge on any atom is -0.478 e. The summed E-state index contributed by atoms with van der Waals surface area (Å²) in [6.07, 6.45) is 0. The lowest BCUT2D eigenvalue weighted by Gasteiger charge is -2.07. The van der Waals surface area contributed by atoms with Crippen molar-refractivity contribution >= 4 is 17.7 Å². The number of hydrogen-bond donors (Lipinski definition) is 1. The lowest BCUT2D eigenvalue weighted by Crippen LogP contribution is -1.97. The maximum Gasteiger partial charge on any atom is 0.335 e. The highest BCUT2D eigenvalue weighted by atomic mass is 32.2. The molecule has 1 N–H and O–H groups in total. The molecule has 21 heavy (non-hydrogen) atoms. The Balaban J connectivity index is 2.18. The molecule has 0 radical (unpaired) electrons. The molecule has 0 aliphatic carbocycles. The highest BCUT2D eigenvalue weighted by Crippen LogP contribution is 2.28. The topological polar surface area (TPSA) is 61.1 Å². The number of aromatic carboxylic acids is 1. The summed E-state index contributed by atoms with van der Waals surface area (Å²) in [4.78, 5) is 11.2. The predicted octanol–water partition coefficient (Wildman–Crippen LogP) is 4.00. The van der Waals surface area contributed by atoms with E-state index in [2.05, 4.69) is 6.07 Å². The van der Waals surface area contributed by atoms with Crippen LogP contribution in [0.4, 0.5) is 4.39 Å². The van der Waals surface area contributed by atoms with Gasteiger partial charge in [-0.25, -0.2) is 9.18 Å². The Bertz CT molecular complexity index is 738. The Hall–Kier alpha value is -2.32. The van der Waals surface area contributed by atoms with E-state index in [1.165, 1.54) is 23.9 Å². The van der Waals surface area contributed by atoms with Gasteiger partial charge in [-0.15, -0.1) is 11.8 Å². The average molecular weight is 301 g/mol. The predicted molar refractivity (Wildman–Crippen MR) is 78.8 cm³/mol. The number of nitrogens with zero attached hydrogens (tertiary/aromatic N) is 1. The van der Waals surface area contributed by atoms with Crippen LogP contribution < -0.4 is 0 Å². The van der Waals surface area contributed by atoms with Crippen molar-refractivity contribution in [1.82, 2.24) is 0 Å². The van der Waals surface area contributed by atoms with Crippen LogP contribution in [0.5, 0.6) is 0 Å². The van der Waals surface area contributed by atoms with E-state index in [-0.39, 0.29) is 5.56 Å². The largest absolute Gasteiger partial charge is 0.478 e. The van der Waals surface area contributed by atoms with E-state index in [1.807, 2.05) is 13.0 Å². The van der Waals surface area contributed by atoms with Crippen molar-refractivity contribution in [1.29, 1.82) is 5.26 Å². The van der Waals surface area contributed by atoms with Crippen molar-refractivity contribution in [3.8, 4) is 6.07 Å². The van der Waals surface area contributed by atoms with Gasteiger partial charge in [0.15, 0.2) is 0 Å². The molecule has 0 heterocycles. The SMILES string of the molecule is Cc1cc(C#N)ccc1CSc1cc(C(=O)O)ccc1F. The van der Waals surface area contributed by atoms with Crippen LogP contribution in [-0.2, 0) is 5.75 Å². The van der Waals surface area contributed by atoms with E-state index in [1.54, 1.807) is 12.1 Å². The van der Waals surface area contributed by atoms with E-state index in [0.717, 1.165) is 17.2 Å². The van der Waals surface area contributed by atoms with Crippen LogP contribution in [0, 0.1) is 24.1 Å². The molecule has 0 aliphatic rings. The van der Waals surface area contributed by atoms with Crippen molar-refractivity contribution in [3.63, 3.8) is 0 Å². The van der Waals surface area contributed by atoms with Crippen molar-refractivity contribution in [2.45, 2.75) is 17.6 Å². The molecule has 2 aromatic rings. The number of thioether (sulfide) groups is 1. The molecule has 0 saturated carbocycles. The van der Waals surface area contributed by atoms with Crippen LogP contribution >= 0.6 is 11.8 Å². The van der Waals surface area contributed by atoms with Gasteiger partial charge in [0.1, 0.15) is 5.82 Å². The fourth-order valence-corrected chi connectivity index (χ4v) is 2.88. The van der Waals surface area contributed by atoms with E-state index >= 15 is 0 Å². The van der Waals surface area contributed by atoms with Crippen molar-refractivity contribution in [3.05, 3.63) is 64.5 Å². The molecule has 0 atom stereocenters. The molecule has 0 amide bonds. The second-order valence-electron chi connectivity index (χ2n) is 4.49. The zero-order valence-electron chi connectivity index (χ0n) is 11.3. The van der Waals surface area contributed by atoms with E-state index in [4.69, 9.17) is 10.4 Å². The third kappa shape index (κ3) is 3.61. The summed E-state index contributed by atoms with van der Waals surface area (Å²) in [5.41, 5.74) is 2.59. The van der Waals surface area contributed by atoms with Gasteiger partial charge in [0.2, 0.25) is 0 Å². The van der Waals surface area contributed by atoms with Gasteiger partial charge in [-0.2, -0.15) is 5.26 Å². The molecule has 106 valence electrons. The van der Waals surface area contributed by atoms with Crippen LogP contribution in [0.3, 0.4) is 0 Å². The number of carboxylic acid groups (broad SMARTS) is 1. The third-order valence-corrected chi connectivity index (χ3v) is 4.11. The average Bonchev–Trinajstić information content (AvgIpc) is 2.47. The molecule has 0 aromatic heterocycles. The maximum atomic E-state index is 13.7. The summed E-state index contributed by atoms with van der Waals surface area (Å²) in [5, 5.41) is 17.7. The molecule has 0 aliphatic heterocycles. The van der Waals surface area contributed by atoms with Gasteiger partial charge in [0, 0.05) is 10.6 Å². The maximum absolute atomic E-state index is 13.7. The first-order valence-corrected chi connectivity index (χ1v) is 7.15. The quantitative estimate of drug-likeness (QED) is 0.867. The summed E-state index contributed by atoms with van der Waals surface area (Å²) >= 11 is 1.24. The fraction of sp³-hybridized carbons (Fsp3) is 0.125. The van der Waals surface area contributed by atoms with Crippen LogP contribution in [0.1, 0.15) is 27.0 Å². The van der Waals surface area contributed by atoms with Gasteiger partial charge in [-0.1, -0.05) is 6.07 Å². The minimum atomic E-state index is -1.08. The number of halogens is 1. The number of benzene rings is 2. The number of hydrogen-bond acceptors (Lipinski definition) is 3. The van der Waals surface area contributed by atoms with Gasteiger partial charge >= 0.3 is 5.97 Å². The van der Waals surface area contributed by atoms with Gasteiger partial charge in [0.05, 0.1) is 17.2 Å². The van der Waals surface area contributed by atoms with E-state index in [9.17, 15) is 9.18 Å². The molecule has 0 unspecified atom stereocenters. The molecule has 0 bridgehead atoms. The van der Waals surface area contributed by atoms with Crippen LogP contribution in [-0.4, -0.2) is 11.1 Å². The molecule has 2 rings (SSSR count). The Morgan fingerprint density at radius 1 is 1.33 bits per heavy atom.